The normalized spacial score (nSPS) is 16.7. The number of rotatable bonds is 13. The first-order valence-electron chi connectivity index (χ1n) is 13.7. The van der Waals surface area contributed by atoms with Crippen LogP contribution in [-0.4, -0.2) is 35.4 Å². The minimum absolute atomic E-state index is 0.201. The molecule has 1 fully saturated rings. The van der Waals surface area contributed by atoms with Gasteiger partial charge in [0.05, 0.1) is 5.01 Å². The Bertz CT molecular complexity index is 1400. The van der Waals surface area contributed by atoms with E-state index in [1.807, 2.05) is 72.2 Å². The van der Waals surface area contributed by atoms with Crippen molar-refractivity contribution in [3.8, 4) is 11.1 Å². The van der Waals surface area contributed by atoms with Crippen LogP contribution in [0, 0.1) is 0 Å². The van der Waals surface area contributed by atoms with E-state index in [1.165, 1.54) is 5.01 Å². The maximum absolute atomic E-state index is 13.2. The lowest BCUT2D eigenvalue weighted by molar-refractivity contribution is -0.123. The number of carbonyl (C=O) groups is 2. The molecule has 3 atom stereocenters. The first-order chi connectivity index (χ1) is 19.6. The Balaban J connectivity index is 1.15. The zero-order chi connectivity index (χ0) is 27.7. The minimum Gasteiger partial charge on any atom is -0.350 e. The maximum atomic E-state index is 13.2. The summed E-state index contributed by atoms with van der Waals surface area (Å²) in [5, 5.41) is 13.4. The molecule has 0 bridgehead atoms. The lowest BCUT2D eigenvalue weighted by Crippen LogP contribution is -2.46. The lowest BCUT2D eigenvalue weighted by Gasteiger charge is -2.19. The third-order valence-electron chi connectivity index (χ3n) is 7.12. The molecule has 6 nitrogen and oxygen atoms in total. The highest BCUT2D eigenvalue weighted by Gasteiger charge is 2.39. The molecule has 1 unspecified atom stereocenters. The Hall–Kier alpha value is -3.52. The monoisotopic (exact) mass is 572 g/mol. The molecular formula is C32H33ClN4O2S. The van der Waals surface area contributed by atoms with Gasteiger partial charge in [-0.3, -0.25) is 9.59 Å². The van der Waals surface area contributed by atoms with Gasteiger partial charge in [-0.2, -0.15) is 0 Å². The Labute approximate surface area is 244 Å². The van der Waals surface area contributed by atoms with E-state index in [1.54, 1.807) is 29.5 Å². The molecule has 1 heterocycles. The molecule has 5 rings (SSSR count). The SMILES string of the molecule is O=C(NC(CCCCN[C@@H]1C[C@H]1c1nccs1)C(=O)NCc1cccc(Cl)c1)c1ccc(-c2ccccc2)cc1. The van der Waals surface area contributed by atoms with E-state index in [0.29, 0.717) is 35.5 Å². The summed E-state index contributed by atoms with van der Waals surface area (Å²) < 4.78 is 0. The van der Waals surface area contributed by atoms with Gasteiger partial charge in [0.2, 0.25) is 5.91 Å². The molecule has 0 radical (unpaired) electrons. The van der Waals surface area contributed by atoms with Crippen LogP contribution >= 0.6 is 22.9 Å². The third-order valence-corrected chi connectivity index (χ3v) is 8.26. The van der Waals surface area contributed by atoms with Crippen LogP contribution in [0.4, 0.5) is 0 Å². The predicted molar refractivity (Wildman–Crippen MR) is 162 cm³/mol. The largest absolute Gasteiger partial charge is 0.350 e. The molecule has 3 N–H and O–H groups in total. The quantitative estimate of drug-likeness (QED) is 0.167. The van der Waals surface area contributed by atoms with Gasteiger partial charge in [-0.05, 0) is 73.2 Å². The van der Waals surface area contributed by atoms with E-state index in [9.17, 15) is 9.59 Å². The van der Waals surface area contributed by atoms with Crippen molar-refractivity contribution in [2.24, 2.45) is 0 Å². The summed E-state index contributed by atoms with van der Waals surface area (Å²) in [7, 11) is 0. The van der Waals surface area contributed by atoms with Crippen LogP contribution < -0.4 is 16.0 Å². The van der Waals surface area contributed by atoms with Crippen molar-refractivity contribution in [2.45, 2.75) is 50.2 Å². The van der Waals surface area contributed by atoms with Gasteiger partial charge in [0.1, 0.15) is 6.04 Å². The van der Waals surface area contributed by atoms with Crippen molar-refractivity contribution in [3.63, 3.8) is 0 Å². The van der Waals surface area contributed by atoms with Crippen molar-refractivity contribution in [1.29, 1.82) is 0 Å². The summed E-state index contributed by atoms with van der Waals surface area (Å²) >= 11 is 7.81. The number of nitrogens with zero attached hydrogens (tertiary/aromatic N) is 1. The van der Waals surface area contributed by atoms with E-state index in [2.05, 4.69) is 20.9 Å². The molecule has 0 spiro atoms. The van der Waals surface area contributed by atoms with Crippen molar-refractivity contribution in [1.82, 2.24) is 20.9 Å². The van der Waals surface area contributed by atoms with Gasteiger partial charge in [-0.1, -0.05) is 66.2 Å². The third kappa shape index (κ3) is 7.78. The molecule has 8 heteroatoms. The fourth-order valence-corrected chi connectivity index (χ4v) is 5.82. The molecule has 0 saturated heterocycles. The van der Waals surface area contributed by atoms with Gasteiger partial charge in [0.15, 0.2) is 0 Å². The van der Waals surface area contributed by atoms with E-state index in [0.717, 1.165) is 42.5 Å². The summed E-state index contributed by atoms with van der Waals surface area (Å²) in [5.74, 6) is 0.0655. The number of halogens is 1. The Morgan fingerprint density at radius 1 is 0.975 bits per heavy atom. The van der Waals surface area contributed by atoms with Gasteiger partial charge in [0, 0.05) is 40.7 Å². The Morgan fingerprint density at radius 3 is 2.52 bits per heavy atom. The Kier molecular flexibility index (Phi) is 9.60. The smallest absolute Gasteiger partial charge is 0.251 e. The summed E-state index contributed by atoms with van der Waals surface area (Å²) in [6.45, 7) is 1.22. The zero-order valence-corrected chi connectivity index (χ0v) is 23.8. The second kappa shape index (κ2) is 13.7. The number of hydrogen-bond acceptors (Lipinski definition) is 5. The number of aromatic nitrogens is 1. The average Bonchev–Trinajstić information content (AvgIpc) is 3.54. The molecule has 0 aliphatic heterocycles. The second-order valence-corrected chi connectivity index (χ2v) is 11.4. The van der Waals surface area contributed by atoms with E-state index >= 15 is 0 Å². The van der Waals surface area contributed by atoms with Crippen molar-refractivity contribution in [3.05, 3.63) is 112 Å². The number of unbranched alkanes of at least 4 members (excludes halogenated alkanes) is 1. The summed E-state index contributed by atoms with van der Waals surface area (Å²) in [6, 6.07) is 24.7. The number of thiazole rings is 1. The average molecular weight is 573 g/mol. The van der Waals surface area contributed by atoms with Crippen LogP contribution in [-0.2, 0) is 11.3 Å². The number of nitrogens with one attached hydrogen (secondary N) is 3. The minimum atomic E-state index is -0.635. The van der Waals surface area contributed by atoms with Gasteiger partial charge in [-0.15, -0.1) is 11.3 Å². The first kappa shape index (κ1) is 28.0. The molecular weight excluding hydrogens is 540 g/mol. The van der Waals surface area contributed by atoms with Crippen LogP contribution in [0.25, 0.3) is 11.1 Å². The number of hydrogen-bond donors (Lipinski definition) is 3. The Morgan fingerprint density at radius 2 is 1.77 bits per heavy atom. The molecule has 4 aromatic rings. The molecule has 2 amide bonds. The van der Waals surface area contributed by atoms with E-state index in [4.69, 9.17) is 11.6 Å². The van der Waals surface area contributed by atoms with Crippen LogP contribution in [0.1, 0.15) is 52.5 Å². The highest BCUT2D eigenvalue weighted by atomic mass is 35.5. The zero-order valence-electron chi connectivity index (χ0n) is 22.2. The molecule has 1 aromatic heterocycles. The fourth-order valence-electron chi connectivity index (χ4n) is 4.79. The van der Waals surface area contributed by atoms with E-state index < -0.39 is 6.04 Å². The topological polar surface area (TPSA) is 83.1 Å². The number of benzene rings is 3. The number of carbonyl (C=O) groups excluding carboxylic acids is 2. The molecule has 40 heavy (non-hydrogen) atoms. The van der Waals surface area contributed by atoms with Gasteiger partial charge >= 0.3 is 0 Å². The molecule has 206 valence electrons. The lowest BCUT2D eigenvalue weighted by atomic mass is 10.0. The molecule has 1 aliphatic rings. The summed E-state index contributed by atoms with van der Waals surface area (Å²) in [6.07, 6.45) is 5.27. The van der Waals surface area contributed by atoms with Gasteiger partial charge < -0.3 is 16.0 Å². The predicted octanol–water partition coefficient (Wildman–Crippen LogP) is 6.19. The van der Waals surface area contributed by atoms with Crippen molar-refractivity contribution < 1.29 is 9.59 Å². The molecule has 1 aliphatic carbocycles. The van der Waals surface area contributed by atoms with Gasteiger partial charge in [-0.25, -0.2) is 4.98 Å². The second-order valence-electron chi connectivity index (χ2n) is 10.1. The summed E-state index contributed by atoms with van der Waals surface area (Å²) in [5.41, 5.74) is 3.56. The highest BCUT2D eigenvalue weighted by molar-refractivity contribution is 7.09. The van der Waals surface area contributed by atoms with Crippen LogP contribution in [0.5, 0.6) is 0 Å². The van der Waals surface area contributed by atoms with Crippen LogP contribution in [0.15, 0.2) is 90.4 Å². The molecule has 1 saturated carbocycles. The highest BCUT2D eigenvalue weighted by Crippen LogP contribution is 2.41. The van der Waals surface area contributed by atoms with E-state index in [-0.39, 0.29) is 11.8 Å². The van der Waals surface area contributed by atoms with Crippen LogP contribution in [0.3, 0.4) is 0 Å². The maximum Gasteiger partial charge on any atom is 0.251 e. The number of amides is 2. The standard InChI is InChI=1S/C32H33ClN4O2S/c33-26-10-6-7-22(19-26)21-36-31(39)28(11-4-5-16-34-29-20-27(29)32-35-17-18-40-32)37-30(38)25-14-12-24(13-15-25)23-8-2-1-3-9-23/h1-3,6-10,12-15,17-19,27-29,34H,4-5,11,16,20-21H2,(H,36,39)(H,37,38)/t27-,28?,29-/m1/s1. The van der Waals surface area contributed by atoms with Gasteiger partial charge in [0.25, 0.3) is 5.91 Å². The van der Waals surface area contributed by atoms with Crippen molar-refractivity contribution in [2.75, 3.05) is 6.54 Å². The fraction of sp³-hybridized carbons (Fsp3) is 0.281. The summed E-state index contributed by atoms with van der Waals surface area (Å²) in [4.78, 5) is 30.7. The molecule has 3 aromatic carbocycles. The first-order valence-corrected chi connectivity index (χ1v) is 14.9. The van der Waals surface area contributed by atoms with Crippen molar-refractivity contribution >= 4 is 34.8 Å². The van der Waals surface area contributed by atoms with Crippen LogP contribution in [0.2, 0.25) is 5.02 Å².